The lowest BCUT2D eigenvalue weighted by Gasteiger charge is -2.13. The molecule has 0 aliphatic carbocycles. The third-order valence-corrected chi connectivity index (χ3v) is 2.02. The molecule has 1 atom stereocenters. The van der Waals surface area contributed by atoms with Crippen molar-refractivity contribution >= 4 is 5.97 Å². The SMILES string of the molecule is CCCC#CC(=O)OC(C#CCCC)C(C)C. The number of ether oxygens (including phenoxy) is 1. The highest BCUT2D eigenvalue weighted by Gasteiger charge is 2.14. The van der Waals surface area contributed by atoms with E-state index >= 15 is 0 Å². The Labute approximate surface area is 105 Å². The molecule has 0 saturated carbocycles. The van der Waals surface area contributed by atoms with Crippen LogP contribution in [0.4, 0.5) is 0 Å². The number of hydrogen-bond donors (Lipinski definition) is 0. The Kier molecular flexibility index (Phi) is 8.98. The van der Waals surface area contributed by atoms with E-state index in [-0.39, 0.29) is 12.0 Å². The van der Waals surface area contributed by atoms with Crippen molar-refractivity contribution in [3.05, 3.63) is 0 Å². The number of unbranched alkanes of at least 4 members (excludes halogenated alkanes) is 2. The van der Waals surface area contributed by atoms with Crippen LogP contribution in [0.3, 0.4) is 0 Å². The Balaban J connectivity index is 4.33. The van der Waals surface area contributed by atoms with Gasteiger partial charge in [0, 0.05) is 24.7 Å². The molecule has 0 radical (unpaired) electrons. The van der Waals surface area contributed by atoms with Crippen LogP contribution in [0, 0.1) is 29.6 Å². The van der Waals surface area contributed by atoms with Gasteiger partial charge in [-0.05, 0) is 12.8 Å². The van der Waals surface area contributed by atoms with Crippen LogP contribution in [0.2, 0.25) is 0 Å². The molecule has 0 aromatic carbocycles. The van der Waals surface area contributed by atoms with Gasteiger partial charge in [0.2, 0.25) is 0 Å². The second-order valence-electron chi connectivity index (χ2n) is 4.19. The molecule has 0 aliphatic heterocycles. The van der Waals surface area contributed by atoms with E-state index in [1.165, 1.54) is 0 Å². The third kappa shape index (κ3) is 8.40. The second kappa shape index (κ2) is 9.79. The van der Waals surface area contributed by atoms with E-state index in [9.17, 15) is 4.79 Å². The summed E-state index contributed by atoms with van der Waals surface area (Å²) >= 11 is 0. The molecular weight excluding hydrogens is 212 g/mol. The fraction of sp³-hybridized carbons (Fsp3) is 0.667. The van der Waals surface area contributed by atoms with E-state index in [1.54, 1.807) is 0 Å². The molecular formula is C15H22O2. The van der Waals surface area contributed by atoms with Gasteiger partial charge in [-0.25, -0.2) is 4.79 Å². The lowest BCUT2D eigenvalue weighted by atomic mass is 10.1. The van der Waals surface area contributed by atoms with Gasteiger partial charge in [0.15, 0.2) is 6.10 Å². The van der Waals surface area contributed by atoms with Gasteiger partial charge in [-0.2, -0.15) is 0 Å². The van der Waals surface area contributed by atoms with Gasteiger partial charge < -0.3 is 4.74 Å². The first-order valence-electron chi connectivity index (χ1n) is 6.29. The van der Waals surface area contributed by atoms with Crippen molar-refractivity contribution in [2.24, 2.45) is 5.92 Å². The van der Waals surface area contributed by atoms with Crippen molar-refractivity contribution in [1.82, 2.24) is 0 Å². The van der Waals surface area contributed by atoms with Crippen molar-refractivity contribution in [1.29, 1.82) is 0 Å². The number of hydrogen-bond acceptors (Lipinski definition) is 2. The zero-order valence-corrected chi connectivity index (χ0v) is 11.3. The van der Waals surface area contributed by atoms with Crippen molar-refractivity contribution in [3.8, 4) is 23.7 Å². The molecule has 17 heavy (non-hydrogen) atoms. The third-order valence-electron chi connectivity index (χ3n) is 2.02. The number of esters is 1. The van der Waals surface area contributed by atoms with Crippen LogP contribution in [0.1, 0.15) is 53.4 Å². The number of carbonyl (C=O) groups excluding carboxylic acids is 1. The quantitative estimate of drug-likeness (QED) is 0.424. The molecule has 0 N–H and O–H groups in total. The lowest BCUT2D eigenvalue weighted by Crippen LogP contribution is -2.21. The van der Waals surface area contributed by atoms with E-state index < -0.39 is 5.97 Å². The summed E-state index contributed by atoms with van der Waals surface area (Å²) in [6, 6.07) is 0. The van der Waals surface area contributed by atoms with Gasteiger partial charge in [-0.1, -0.05) is 45.5 Å². The molecule has 0 spiro atoms. The summed E-state index contributed by atoms with van der Waals surface area (Å²) in [4.78, 5) is 11.4. The predicted molar refractivity (Wildman–Crippen MR) is 70.1 cm³/mol. The first kappa shape index (κ1) is 15.6. The highest BCUT2D eigenvalue weighted by Crippen LogP contribution is 2.05. The van der Waals surface area contributed by atoms with E-state index in [2.05, 4.69) is 30.6 Å². The second-order valence-corrected chi connectivity index (χ2v) is 4.19. The molecule has 2 nitrogen and oxygen atoms in total. The van der Waals surface area contributed by atoms with Gasteiger partial charge in [-0.3, -0.25) is 0 Å². The summed E-state index contributed by atoms with van der Waals surface area (Å²) in [7, 11) is 0. The molecule has 0 heterocycles. The average molecular weight is 234 g/mol. The fourth-order valence-electron chi connectivity index (χ4n) is 1.03. The summed E-state index contributed by atoms with van der Waals surface area (Å²) in [6.45, 7) is 8.06. The van der Waals surface area contributed by atoms with E-state index in [1.807, 2.05) is 20.8 Å². The van der Waals surface area contributed by atoms with Crippen LogP contribution in [0.5, 0.6) is 0 Å². The maximum atomic E-state index is 11.4. The Hall–Kier alpha value is -1.41. The van der Waals surface area contributed by atoms with Crippen molar-refractivity contribution in [2.45, 2.75) is 59.5 Å². The molecule has 0 aliphatic rings. The molecule has 0 bridgehead atoms. The minimum Gasteiger partial charge on any atom is -0.439 e. The van der Waals surface area contributed by atoms with Gasteiger partial charge in [0.1, 0.15) is 0 Å². The van der Waals surface area contributed by atoms with Crippen LogP contribution >= 0.6 is 0 Å². The Morgan fingerprint density at radius 2 is 1.71 bits per heavy atom. The minimum absolute atomic E-state index is 0.191. The summed E-state index contributed by atoms with van der Waals surface area (Å²) in [6.07, 6.45) is 3.18. The van der Waals surface area contributed by atoms with Crippen LogP contribution < -0.4 is 0 Å². The van der Waals surface area contributed by atoms with Gasteiger partial charge >= 0.3 is 5.97 Å². The molecule has 94 valence electrons. The molecule has 0 aromatic rings. The van der Waals surface area contributed by atoms with E-state index in [0.29, 0.717) is 0 Å². The molecule has 0 saturated heterocycles. The molecule has 2 heteroatoms. The van der Waals surface area contributed by atoms with Crippen LogP contribution in [-0.4, -0.2) is 12.1 Å². The normalized spacial score (nSPS) is 10.9. The van der Waals surface area contributed by atoms with E-state index in [4.69, 9.17) is 4.74 Å². The maximum absolute atomic E-state index is 11.4. The molecule has 0 aromatic heterocycles. The van der Waals surface area contributed by atoms with Crippen LogP contribution in [0.25, 0.3) is 0 Å². The zero-order valence-electron chi connectivity index (χ0n) is 11.3. The summed E-state index contributed by atoms with van der Waals surface area (Å²) in [5, 5.41) is 0. The fourth-order valence-corrected chi connectivity index (χ4v) is 1.03. The Morgan fingerprint density at radius 1 is 1.12 bits per heavy atom. The van der Waals surface area contributed by atoms with Gasteiger partial charge in [-0.15, -0.1) is 0 Å². The van der Waals surface area contributed by atoms with Crippen molar-refractivity contribution in [3.63, 3.8) is 0 Å². The molecule has 0 amide bonds. The first-order chi connectivity index (χ1) is 8.11. The predicted octanol–water partition coefficient (Wildman–Crippen LogP) is 3.16. The van der Waals surface area contributed by atoms with Crippen molar-refractivity contribution < 1.29 is 9.53 Å². The highest BCUT2D eigenvalue weighted by molar-refractivity contribution is 5.88. The molecule has 0 rings (SSSR count). The average Bonchev–Trinajstić information content (AvgIpc) is 2.28. The minimum atomic E-state index is -0.469. The summed E-state index contributed by atoms with van der Waals surface area (Å²) in [5.41, 5.74) is 0. The molecule has 1 unspecified atom stereocenters. The summed E-state index contributed by atoms with van der Waals surface area (Å²) < 4.78 is 5.22. The molecule has 0 fully saturated rings. The largest absolute Gasteiger partial charge is 0.439 e. The van der Waals surface area contributed by atoms with Gasteiger partial charge in [0.05, 0.1) is 0 Å². The topological polar surface area (TPSA) is 26.3 Å². The zero-order chi connectivity index (χ0) is 13.1. The monoisotopic (exact) mass is 234 g/mol. The van der Waals surface area contributed by atoms with Crippen LogP contribution in [-0.2, 0) is 9.53 Å². The Morgan fingerprint density at radius 3 is 2.24 bits per heavy atom. The van der Waals surface area contributed by atoms with E-state index in [0.717, 1.165) is 25.7 Å². The number of carbonyl (C=O) groups is 1. The smallest absolute Gasteiger partial charge is 0.385 e. The first-order valence-corrected chi connectivity index (χ1v) is 6.29. The highest BCUT2D eigenvalue weighted by atomic mass is 16.5. The maximum Gasteiger partial charge on any atom is 0.385 e. The lowest BCUT2D eigenvalue weighted by molar-refractivity contribution is -0.140. The van der Waals surface area contributed by atoms with Crippen LogP contribution in [0.15, 0.2) is 0 Å². The van der Waals surface area contributed by atoms with Crippen molar-refractivity contribution in [2.75, 3.05) is 0 Å². The number of rotatable bonds is 4. The summed E-state index contributed by atoms with van der Waals surface area (Å²) in [5.74, 6) is 11.0. The standard InChI is InChI=1S/C15H22O2/c1-5-7-9-11-14(13(3)4)17-15(16)12-10-8-6-2/h13-14H,5-8H2,1-4H3. The Bertz CT molecular complexity index is 333. The van der Waals surface area contributed by atoms with Gasteiger partial charge in [0.25, 0.3) is 0 Å².